The Bertz CT molecular complexity index is 757. The number of aryl methyl sites for hydroxylation is 1. The Morgan fingerprint density at radius 3 is 2.60 bits per heavy atom. The topological polar surface area (TPSA) is 72.0 Å². The molecule has 0 radical (unpaired) electrons. The number of hydrazone groups is 1. The van der Waals surface area contributed by atoms with Crippen molar-refractivity contribution in [3.63, 3.8) is 0 Å². The maximum absolute atomic E-state index is 11.9. The van der Waals surface area contributed by atoms with E-state index < -0.39 is 6.03 Å². The van der Waals surface area contributed by atoms with E-state index in [1.54, 1.807) is 19.4 Å². The van der Waals surface area contributed by atoms with E-state index in [4.69, 9.17) is 9.47 Å². The molecule has 2 aromatic carbocycles. The summed E-state index contributed by atoms with van der Waals surface area (Å²) in [6.07, 6.45) is 1.60. The number of urea groups is 1. The molecule has 0 aliphatic heterocycles. The first-order valence-electron chi connectivity index (χ1n) is 8.00. The van der Waals surface area contributed by atoms with Crippen LogP contribution >= 0.6 is 0 Å². The van der Waals surface area contributed by atoms with Gasteiger partial charge in [0.05, 0.1) is 19.4 Å². The smallest absolute Gasteiger partial charge is 0.339 e. The van der Waals surface area contributed by atoms with Gasteiger partial charge in [-0.1, -0.05) is 18.2 Å². The molecule has 2 aromatic rings. The third kappa shape index (κ3) is 5.53. The van der Waals surface area contributed by atoms with Gasteiger partial charge in [0.25, 0.3) is 0 Å². The van der Waals surface area contributed by atoms with E-state index >= 15 is 0 Å². The van der Waals surface area contributed by atoms with Gasteiger partial charge in [-0.15, -0.1) is 0 Å². The Morgan fingerprint density at radius 2 is 1.92 bits per heavy atom. The fraction of sp³-hybridized carbons (Fsp3) is 0.263. The summed E-state index contributed by atoms with van der Waals surface area (Å²) in [6, 6.07) is 12.6. The molecule has 0 fully saturated rings. The fourth-order valence-electron chi connectivity index (χ4n) is 2.14. The summed E-state index contributed by atoms with van der Waals surface area (Å²) in [4.78, 5) is 11.9. The summed E-state index contributed by atoms with van der Waals surface area (Å²) in [5.74, 6) is 1.28. The number of nitrogens with zero attached hydrogens (tertiary/aromatic N) is 1. The normalized spacial score (nSPS) is 10.8. The minimum atomic E-state index is -0.405. The Morgan fingerprint density at radius 1 is 1.16 bits per heavy atom. The molecular weight excluding hydrogens is 318 g/mol. The second-order valence-corrected chi connectivity index (χ2v) is 5.72. The highest BCUT2D eigenvalue weighted by atomic mass is 16.5. The molecule has 132 valence electrons. The number of benzene rings is 2. The molecule has 0 aliphatic rings. The minimum Gasteiger partial charge on any atom is -0.493 e. The Balaban J connectivity index is 1.97. The van der Waals surface area contributed by atoms with Gasteiger partial charge in [0.2, 0.25) is 0 Å². The summed E-state index contributed by atoms with van der Waals surface area (Å²) in [5, 5.41) is 6.69. The average Bonchev–Trinajstić information content (AvgIpc) is 2.57. The Labute approximate surface area is 147 Å². The van der Waals surface area contributed by atoms with Gasteiger partial charge in [0.15, 0.2) is 11.5 Å². The molecule has 0 heterocycles. The largest absolute Gasteiger partial charge is 0.493 e. The Hall–Kier alpha value is -3.02. The molecule has 0 saturated carbocycles. The van der Waals surface area contributed by atoms with Crippen molar-refractivity contribution < 1.29 is 14.3 Å². The number of ether oxygens (including phenoxy) is 2. The second kappa shape index (κ2) is 8.73. The zero-order chi connectivity index (χ0) is 18.2. The lowest BCUT2D eigenvalue weighted by Crippen LogP contribution is -2.24. The molecular formula is C19H23N3O3. The SMILES string of the molecule is COc1cc(C=NNC(=O)Nc2ccccc2C)ccc1OC(C)C. The first-order chi connectivity index (χ1) is 12.0. The molecule has 0 unspecified atom stereocenters. The summed E-state index contributed by atoms with van der Waals surface area (Å²) < 4.78 is 11.0. The average molecular weight is 341 g/mol. The quantitative estimate of drug-likeness (QED) is 0.617. The molecule has 0 saturated heterocycles. The first kappa shape index (κ1) is 18.3. The van der Waals surface area contributed by atoms with Crippen molar-refractivity contribution in [1.29, 1.82) is 0 Å². The molecule has 25 heavy (non-hydrogen) atoms. The van der Waals surface area contributed by atoms with Crippen LogP contribution in [0.5, 0.6) is 11.5 Å². The lowest BCUT2D eigenvalue weighted by molar-refractivity contribution is 0.230. The van der Waals surface area contributed by atoms with Gasteiger partial charge >= 0.3 is 6.03 Å². The number of nitrogens with one attached hydrogen (secondary N) is 2. The molecule has 6 nitrogen and oxygen atoms in total. The van der Waals surface area contributed by atoms with Gasteiger partial charge < -0.3 is 14.8 Å². The van der Waals surface area contributed by atoms with Crippen molar-refractivity contribution in [2.75, 3.05) is 12.4 Å². The maximum Gasteiger partial charge on any atom is 0.339 e. The minimum absolute atomic E-state index is 0.0558. The van der Waals surface area contributed by atoms with Crippen LogP contribution in [0.4, 0.5) is 10.5 Å². The molecule has 0 atom stereocenters. The number of para-hydroxylation sites is 1. The third-order valence-corrected chi connectivity index (χ3v) is 3.32. The van der Waals surface area contributed by atoms with Gasteiger partial charge in [-0.05, 0) is 56.2 Å². The van der Waals surface area contributed by atoms with Crippen molar-refractivity contribution in [1.82, 2.24) is 5.43 Å². The van der Waals surface area contributed by atoms with E-state index in [1.807, 2.05) is 57.2 Å². The molecule has 0 bridgehead atoms. The van der Waals surface area contributed by atoms with Crippen LogP contribution in [0, 0.1) is 6.92 Å². The highest BCUT2D eigenvalue weighted by Crippen LogP contribution is 2.28. The second-order valence-electron chi connectivity index (χ2n) is 5.72. The van der Waals surface area contributed by atoms with Crippen LogP contribution in [0.15, 0.2) is 47.6 Å². The predicted molar refractivity (Wildman–Crippen MR) is 99.7 cm³/mol. The van der Waals surface area contributed by atoms with E-state index in [9.17, 15) is 4.79 Å². The number of hydrogen-bond acceptors (Lipinski definition) is 4. The fourth-order valence-corrected chi connectivity index (χ4v) is 2.14. The van der Waals surface area contributed by atoms with E-state index in [-0.39, 0.29) is 6.10 Å². The van der Waals surface area contributed by atoms with Gasteiger partial charge in [-0.25, -0.2) is 10.2 Å². The van der Waals surface area contributed by atoms with Crippen LogP contribution in [0.1, 0.15) is 25.0 Å². The van der Waals surface area contributed by atoms with Crippen LogP contribution < -0.4 is 20.2 Å². The molecule has 0 aromatic heterocycles. The lowest BCUT2D eigenvalue weighted by Gasteiger charge is -2.13. The summed E-state index contributed by atoms with van der Waals surface area (Å²) in [5.41, 5.74) is 4.94. The van der Waals surface area contributed by atoms with Crippen molar-refractivity contribution in [2.45, 2.75) is 26.9 Å². The highest BCUT2D eigenvalue weighted by Gasteiger charge is 2.07. The number of carbonyl (C=O) groups excluding carboxylic acids is 1. The molecule has 0 aliphatic carbocycles. The zero-order valence-electron chi connectivity index (χ0n) is 14.9. The number of carbonyl (C=O) groups is 1. The number of anilines is 1. The van der Waals surface area contributed by atoms with E-state index in [2.05, 4.69) is 15.8 Å². The Kier molecular flexibility index (Phi) is 6.39. The van der Waals surface area contributed by atoms with E-state index in [0.717, 1.165) is 16.8 Å². The predicted octanol–water partition coefficient (Wildman–Crippen LogP) is 3.95. The standard InChI is InChI=1S/C19H23N3O3/c1-13(2)25-17-10-9-15(11-18(17)24-4)12-20-22-19(23)21-16-8-6-5-7-14(16)3/h5-13H,1-4H3,(H2,21,22,23). The van der Waals surface area contributed by atoms with Crippen LogP contribution in [0.3, 0.4) is 0 Å². The van der Waals surface area contributed by atoms with Gasteiger partial charge in [-0.3, -0.25) is 0 Å². The summed E-state index contributed by atoms with van der Waals surface area (Å²) in [7, 11) is 1.58. The number of hydrogen-bond donors (Lipinski definition) is 2. The number of methoxy groups -OCH3 is 1. The molecule has 6 heteroatoms. The van der Waals surface area contributed by atoms with Crippen molar-refractivity contribution >= 4 is 17.9 Å². The van der Waals surface area contributed by atoms with E-state index in [0.29, 0.717) is 11.5 Å². The van der Waals surface area contributed by atoms with Crippen molar-refractivity contribution in [3.8, 4) is 11.5 Å². The van der Waals surface area contributed by atoms with E-state index in [1.165, 1.54) is 0 Å². The van der Waals surface area contributed by atoms with Gasteiger partial charge in [-0.2, -0.15) is 5.10 Å². The summed E-state index contributed by atoms with van der Waals surface area (Å²) >= 11 is 0. The third-order valence-electron chi connectivity index (χ3n) is 3.32. The van der Waals surface area contributed by atoms with Crippen LogP contribution in [0.25, 0.3) is 0 Å². The number of amides is 2. The van der Waals surface area contributed by atoms with Crippen LogP contribution in [-0.2, 0) is 0 Å². The van der Waals surface area contributed by atoms with Crippen LogP contribution in [0.2, 0.25) is 0 Å². The zero-order valence-corrected chi connectivity index (χ0v) is 14.9. The summed E-state index contributed by atoms with van der Waals surface area (Å²) in [6.45, 7) is 5.82. The number of rotatable bonds is 6. The molecule has 2 N–H and O–H groups in total. The van der Waals surface area contributed by atoms with Gasteiger partial charge in [0, 0.05) is 5.69 Å². The van der Waals surface area contributed by atoms with Crippen molar-refractivity contribution in [2.24, 2.45) is 5.10 Å². The first-order valence-corrected chi connectivity index (χ1v) is 8.00. The lowest BCUT2D eigenvalue weighted by atomic mass is 10.2. The molecule has 2 rings (SSSR count). The molecule has 2 amide bonds. The van der Waals surface area contributed by atoms with Crippen molar-refractivity contribution in [3.05, 3.63) is 53.6 Å². The highest BCUT2D eigenvalue weighted by molar-refractivity contribution is 5.91. The van der Waals surface area contributed by atoms with Gasteiger partial charge in [0.1, 0.15) is 0 Å². The molecule has 0 spiro atoms. The van der Waals surface area contributed by atoms with Crippen LogP contribution in [-0.4, -0.2) is 25.5 Å². The monoisotopic (exact) mass is 341 g/mol. The maximum atomic E-state index is 11.9.